The maximum absolute atomic E-state index is 12.5. The minimum absolute atomic E-state index is 0.243. The monoisotopic (exact) mass is 341 g/mol. The first-order valence-corrected chi connectivity index (χ1v) is 7.73. The molecule has 0 spiro atoms. The Bertz CT molecular complexity index is 811. The van der Waals surface area contributed by atoms with E-state index in [2.05, 4.69) is 5.32 Å². The van der Waals surface area contributed by atoms with Crippen LogP contribution in [0.25, 0.3) is 6.08 Å². The SMILES string of the molecule is CN(C)c1ccc(/C=C2/NC(=O)N(c3ccc(Cl)cc3)C2=O)cc1. The summed E-state index contributed by atoms with van der Waals surface area (Å²) in [6.45, 7) is 0. The molecule has 6 heteroatoms. The van der Waals surface area contributed by atoms with Crippen LogP contribution < -0.4 is 15.1 Å². The van der Waals surface area contributed by atoms with Gasteiger partial charge in [-0.2, -0.15) is 0 Å². The number of hydrogen-bond acceptors (Lipinski definition) is 3. The number of imide groups is 1. The zero-order valence-corrected chi connectivity index (χ0v) is 14.0. The highest BCUT2D eigenvalue weighted by Gasteiger charge is 2.34. The summed E-state index contributed by atoms with van der Waals surface area (Å²) in [4.78, 5) is 27.7. The largest absolute Gasteiger partial charge is 0.378 e. The molecule has 1 heterocycles. The molecule has 3 rings (SSSR count). The van der Waals surface area contributed by atoms with E-state index >= 15 is 0 Å². The second-order valence-corrected chi connectivity index (χ2v) is 6.03. The third-order valence-electron chi connectivity index (χ3n) is 3.68. The molecule has 0 aromatic heterocycles. The molecule has 1 aliphatic heterocycles. The van der Waals surface area contributed by atoms with E-state index in [0.29, 0.717) is 10.7 Å². The molecule has 3 amide bonds. The first-order chi connectivity index (χ1) is 11.5. The van der Waals surface area contributed by atoms with Gasteiger partial charge in [0.25, 0.3) is 5.91 Å². The van der Waals surface area contributed by atoms with Gasteiger partial charge in [0.2, 0.25) is 0 Å². The summed E-state index contributed by atoms with van der Waals surface area (Å²) in [5.74, 6) is -0.390. The predicted molar refractivity (Wildman–Crippen MR) is 96.2 cm³/mol. The van der Waals surface area contributed by atoms with Crippen molar-refractivity contribution in [1.82, 2.24) is 5.32 Å². The fraction of sp³-hybridized carbons (Fsp3) is 0.111. The number of benzene rings is 2. The van der Waals surface area contributed by atoms with Crippen LogP contribution in [0, 0.1) is 0 Å². The normalized spacial score (nSPS) is 15.8. The van der Waals surface area contributed by atoms with Crippen LogP contribution in [0.3, 0.4) is 0 Å². The lowest BCUT2D eigenvalue weighted by atomic mass is 10.1. The van der Waals surface area contributed by atoms with Crippen LogP contribution in [-0.4, -0.2) is 26.0 Å². The van der Waals surface area contributed by atoms with E-state index in [1.54, 1.807) is 30.3 Å². The minimum atomic E-state index is -0.474. The molecule has 1 aliphatic rings. The van der Waals surface area contributed by atoms with Crippen LogP contribution >= 0.6 is 11.6 Å². The van der Waals surface area contributed by atoms with E-state index in [9.17, 15) is 9.59 Å². The summed E-state index contributed by atoms with van der Waals surface area (Å²) < 4.78 is 0. The zero-order chi connectivity index (χ0) is 17.3. The van der Waals surface area contributed by atoms with Crippen molar-refractivity contribution in [3.05, 3.63) is 64.8 Å². The van der Waals surface area contributed by atoms with Crippen molar-refractivity contribution >= 4 is 41.0 Å². The summed E-state index contributed by atoms with van der Waals surface area (Å²) in [7, 11) is 3.91. The van der Waals surface area contributed by atoms with E-state index in [1.807, 2.05) is 43.3 Å². The maximum Gasteiger partial charge on any atom is 0.333 e. The molecule has 0 radical (unpaired) electrons. The van der Waals surface area contributed by atoms with E-state index in [-0.39, 0.29) is 11.6 Å². The van der Waals surface area contributed by atoms with Gasteiger partial charge in [-0.1, -0.05) is 23.7 Å². The van der Waals surface area contributed by atoms with Crippen LogP contribution in [0.4, 0.5) is 16.2 Å². The lowest BCUT2D eigenvalue weighted by Crippen LogP contribution is -2.30. The van der Waals surface area contributed by atoms with E-state index in [4.69, 9.17) is 11.6 Å². The molecule has 0 atom stereocenters. The molecule has 0 bridgehead atoms. The van der Waals surface area contributed by atoms with Gasteiger partial charge in [0.15, 0.2) is 0 Å². The van der Waals surface area contributed by atoms with Crippen molar-refractivity contribution in [3.8, 4) is 0 Å². The standard InChI is InChI=1S/C18H16ClN3O2/c1-21(2)14-7-3-12(4-8-14)11-16-17(23)22(18(24)20-16)15-9-5-13(19)6-10-15/h3-11H,1-2H3,(H,20,24)/b16-11+. The average Bonchev–Trinajstić information content (AvgIpc) is 2.83. The third kappa shape index (κ3) is 3.12. The Hall–Kier alpha value is -2.79. The first kappa shape index (κ1) is 16.1. The van der Waals surface area contributed by atoms with Gasteiger partial charge in [0, 0.05) is 24.8 Å². The number of rotatable bonds is 3. The van der Waals surface area contributed by atoms with Gasteiger partial charge in [-0.3, -0.25) is 4.79 Å². The van der Waals surface area contributed by atoms with Gasteiger partial charge in [0.05, 0.1) is 5.69 Å². The van der Waals surface area contributed by atoms with Crippen molar-refractivity contribution in [3.63, 3.8) is 0 Å². The second-order valence-electron chi connectivity index (χ2n) is 5.59. The summed E-state index contributed by atoms with van der Waals surface area (Å²) in [5, 5.41) is 3.15. The summed E-state index contributed by atoms with van der Waals surface area (Å²) >= 11 is 5.84. The van der Waals surface area contributed by atoms with Gasteiger partial charge in [-0.15, -0.1) is 0 Å². The lowest BCUT2D eigenvalue weighted by molar-refractivity contribution is -0.113. The van der Waals surface area contributed by atoms with Crippen LogP contribution in [0.1, 0.15) is 5.56 Å². The number of amides is 3. The molecule has 1 saturated heterocycles. The van der Waals surface area contributed by atoms with Crippen molar-refractivity contribution in [2.75, 3.05) is 23.9 Å². The van der Waals surface area contributed by atoms with Crippen molar-refractivity contribution < 1.29 is 9.59 Å². The lowest BCUT2D eigenvalue weighted by Gasteiger charge is -2.12. The molecular formula is C18H16ClN3O2. The number of urea groups is 1. The van der Waals surface area contributed by atoms with Crippen molar-refractivity contribution in [2.45, 2.75) is 0 Å². The molecule has 2 aromatic rings. The summed E-state index contributed by atoms with van der Waals surface area (Å²) in [5.41, 5.74) is 2.62. The number of halogens is 1. The fourth-order valence-corrected chi connectivity index (χ4v) is 2.52. The molecule has 0 aliphatic carbocycles. The molecule has 2 aromatic carbocycles. The Morgan fingerprint density at radius 3 is 2.21 bits per heavy atom. The Balaban J connectivity index is 1.86. The number of anilines is 2. The second kappa shape index (κ2) is 6.37. The topological polar surface area (TPSA) is 52.7 Å². The highest BCUT2D eigenvalue weighted by Crippen LogP contribution is 2.24. The van der Waals surface area contributed by atoms with Gasteiger partial charge < -0.3 is 10.2 Å². The van der Waals surface area contributed by atoms with Gasteiger partial charge in [0.1, 0.15) is 5.70 Å². The van der Waals surface area contributed by atoms with Gasteiger partial charge in [-0.25, -0.2) is 9.69 Å². The van der Waals surface area contributed by atoms with Crippen LogP contribution in [0.2, 0.25) is 5.02 Å². The molecule has 1 N–H and O–H groups in total. The van der Waals surface area contributed by atoms with E-state index < -0.39 is 6.03 Å². The van der Waals surface area contributed by atoms with E-state index in [1.165, 1.54) is 0 Å². The molecule has 122 valence electrons. The molecule has 1 fully saturated rings. The quantitative estimate of drug-likeness (QED) is 0.686. The van der Waals surface area contributed by atoms with Gasteiger partial charge in [-0.05, 0) is 48.0 Å². The summed E-state index contributed by atoms with van der Waals surface area (Å²) in [6, 6.07) is 13.8. The molecule has 24 heavy (non-hydrogen) atoms. The van der Waals surface area contributed by atoms with Gasteiger partial charge >= 0.3 is 6.03 Å². The highest BCUT2D eigenvalue weighted by molar-refractivity contribution is 6.31. The van der Waals surface area contributed by atoms with Crippen LogP contribution in [-0.2, 0) is 4.79 Å². The Morgan fingerprint density at radius 2 is 1.62 bits per heavy atom. The Labute approximate surface area is 145 Å². The predicted octanol–water partition coefficient (Wildman–Crippen LogP) is 3.50. The van der Waals surface area contributed by atoms with E-state index in [0.717, 1.165) is 16.2 Å². The van der Waals surface area contributed by atoms with Crippen LogP contribution in [0.15, 0.2) is 54.2 Å². The van der Waals surface area contributed by atoms with Crippen molar-refractivity contribution in [1.29, 1.82) is 0 Å². The molecular weight excluding hydrogens is 326 g/mol. The number of nitrogens with zero attached hydrogens (tertiary/aromatic N) is 2. The first-order valence-electron chi connectivity index (χ1n) is 7.36. The zero-order valence-electron chi connectivity index (χ0n) is 13.3. The fourth-order valence-electron chi connectivity index (χ4n) is 2.40. The minimum Gasteiger partial charge on any atom is -0.378 e. The maximum atomic E-state index is 12.5. The average molecular weight is 342 g/mol. The number of carbonyl (C=O) groups excluding carboxylic acids is 2. The highest BCUT2D eigenvalue weighted by atomic mass is 35.5. The van der Waals surface area contributed by atoms with Crippen LogP contribution in [0.5, 0.6) is 0 Å². The summed E-state index contributed by atoms with van der Waals surface area (Å²) in [6.07, 6.45) is 1.66. The van der Waals surface area contributed by atoms with Crippen molar-refractivity contribution in [2.24, 2.45) is 0 Å². The molecule has 5 nitrogen and oxygen atoms in total. The smallest absolute Gasteiger partial charge is 0.333 e. The number of nitrogens with one attached hydrogen (secondary N) is 1. The molecule has 0 unspecified atom stereocenters. The Morgan fingerprint density at radius 1 is 1.00 bits per heavy atom. The number of hydrogen-bond donors (Lipinski definition) is 1. The number of carbonyl (C=O) groups is 2. The Kier molecular flexibility index (Phi) is 4.27. The molecule has 0 saturated carbocycles. The third-order valence-corrected chi connectivity index (χ3v) is 3.94.